The van der Waals surface area contributed by atoms with Crippen LogP contribution in [0.2, 0.25) is 5.15 Å². The molecule has 0 saturated heterocycles. The fourth-order valence-electron chi connectivity index (χ4n) is 2.46. The molecule has 0 bridgehead atoms. The monoisotopic (exact) mass is 340 g/mol. The molecule has 3 rings (SSSR count). The molecule has 2 aromatic heterocycles. The van der Waals surface area contributed by atoms with Gasteiger partial charge in [0.2, 0.25) is 0 Å². The minimum Gasteiger partial charge on any atom is -0.306 e. The molecule has 0 aliphatic carbocycles. The molecule has 0 fully saturated rings. The number of benzene rings is 1. The largest absolute Gasteiger partial charge is 0.306 e. The maximum atomic E-state index is 12.5. The van der Waals surface area contributed by atoms with Crippen LogP contribution < -0.4 is 5.32 Å². The van der Waals surface area contributed by atoms with E-state index in [1.165, 1.54) is 0 Å². The molecule has 0 radical (unpaired) electrons. The van der Waals surface area contributed by atoms with Crippen molar-refractivity contribution in [3.63, 3.8) is 0 Å². The number of rotatable bonds is 4. The van der Waals surface area contributed by atoms with Crippen LogP contribution in [0.15, 0.2) is 48.5 Å². The highest BCUT2D eigenvalue weighted by Gasteiger charge is 2.20. The third-order valence-corrected chi connectivity index (χ3v) is 3.98. The number of hydrogen-bond donors (Lipinski definition) is 1. The Hall–Kier alpha value is -2.66. The Labute approximate surface area is 145 Å². The van der Waals surface area contributed by atoms with E-state index < -0.39 is 0 Å². The van der Waals surface area contributed by atoms with Gasteiger partial charge in [0, 0.05) is 5.69 Å². The summed E-state index contributed by atoms with van der Waals surface area (Å²) in [4.78, 5) is 16.8. The topological polar surface area (TPSA) is 59.8 Å². The van der Waals surface area contributed by atoms with Gasteiger partial charge in [-0.25, -0.2) is 9.67 Å². The van der Waals surface area contributed by atoms with Crippen molar-refractivity contribution in [3.05, 3.63) is 76.2 Å². The Morgan fingerprint density at radius 2 is 1.88 bits per heavy atom. The van der Waals surface area contributed by atoms with E-state index >= 15 is 0 Å². The van der Waals surface area contributed by atoms with Crippen LogP contribution in [-0.2, 0) is 6.54 Å². The van der Waals surface area contributed by atoms with E-state index in [1.807, 2.05) is 49.4 Å². The molecule has 0 saturated carbocycles. The van der Waals surface area contributed by atoms with Gasteiger partial charge in [-0.3, -0.25) is 4.79 Å². The van der Waals surface area contributed by atoms with Crippen molar-refractivity contribution in [1.29, 1.82) is 0 Å². The zero-order valence-corrected chi connectivity index (χ0v) is 14.2. The lowest BCUT2D eigenvalue weighted by Crippen LogP contribution is -2.14. The summed E-state index contributed by atoms with van der Waals surface area (Å²) in [5, 5.41) is 7.48. The van der Waals surface area contributed by atoms with Crippen LogP contribution in [0.3, 0.4) is 0 Å². The summed E-state index contributed by atoms with van der Waals surface area (Å²) in [5.74, 6) is 0.182. The van der Waals surface area contributed by atoms with Crippen molar-refractivity contribution < 1.29 is 4.79 Å². The molecule has 0 atom stereocenters. The Bertz CT molecular complexity index is 874. The Morgan fingerprint density at radius 1 is 1.12 bits per heavy atom. The van der Waals surface area contributed by atoms with Crippen LogP contribution in [0.5, 0.6) is 0 Å². The zero-order chi connectivity index (χ0) is 17.1. The predicted octanol–water partition coefficient (Wildman–Crippen LogP) is 3.85. The van der Waals surface area contributed by atoms with E-state index in [0.29, 0.717) is 28.8 Å². The molecule has 0 spiro atoms. The van der Waals surface area contributed by atoms with Crippen molar-refractivity contribution >= 4 is 23.3 Å². The molecule has 5 nitrogen and oxygen atoms in total. The minimum absolute atomic E-state index is 0.310. The van der Waals surface area contributed by atoms with Gasteiger partial charge < -0.3 is 5.32 Å². The summed E-state index contributed by atoms with van der Waals surface area (Å²) in [7, 11) is 0. The predicted molar refractivity (Wildman–Crippen MR) is 94.4 cm³/mol. The van der Waals surface area contributed by atoms with Crippen LogP contribution in [0.1, 0.15) is 27.3 Å². The second-order valence-corrected chi connectivity index (χ2v) is 5.87. The molecule has 3 aromatic rings. The summed E-state index contributed by atoms with van der Waals surface area (Å²) in [5.41, 5.74) is 2.85. The maximum Gasteiger partial charge on any atom is 0.261 e. The lowest BCUT2D eigenvalue weighted by Gasteiger charge is -2.06. The van der Waals surface area contributed by atoms with Gasteiger partial charge in [-0.1, -0.05) is 48.0 Å². The summed E-state index contributed by atoms with van der Waals surface area (Å²) in [6, 6.07) is 15.3. The molecule has 1 amide bonds. The summed E-state index contributed by atoms with van der Waals surface area (Å²) < 4.78 is 1.63. The SMILES string of the molecule is Cc1cccc(NC(=O)c2c(C)nn(Cc3ccccc3)c2Cl)n1. The van der Waals surface area contributed by atoms with Gasteiger partial charge in [-0.05, 0) is 31.5 Å². The van der Waals surface area contributed by atoms with Gasteiger partial charge in [0.25, 0.3) is 5.91 Å². The van der Waals surface area contributed by atoms with E-state index in [4.69, 9.17) is 11.6 Å². The smallest absolute Gasteiger partial charge is 0.261 e. The molecular formula is C18H17ClN4O. The number of nitrogens with one attached hydrogen (secondary N) is 1. The molecule has 122 valence electrons. The number of pyridine rings is 1. The lowest BCUT2D eigenvalue weighted by molar-refractivity contribution is 0.102. The fourth-order valence-corrected chi connectivity index (χ4v) is 2.78. The number of carbonyl (C=O) groups excluding carboxylic acids is 1. The summed E-state index contributed by atoms with van der Waals surface area (Å²) in [6.07, 6.45) is 0. The van der Waals surface area contributed by atoms with E-state index in [9.17, 15) is 4.79 Å². The molecule has 0 aliphatic heterocycles. The molecule has 24 heavy (non-hydrogen) atoms. The molecule has 6 heteroatoms. The molecule has 1 N–H and O–H groups in total. The number of amides is 1. The van der Waals surface area contributed by atoms with Crippen molar-refractivity contribution in [2.24, 2.45) is 0 Å². The first-order valence-corrected chi connectivity index (χ1v) is 7.94. The van der Waals surface area contributed by atoms with Gasteiger partial charge in [-0.2, -0.15) is 5.10 Å². The minimum atomic E-state index is -0.310. The standard InChI is InChI=1S/C18H17ClN4O/c1-12-7-6-10-15(20-12)21-18(24)16-13(2)22-23(17(16)19)11-14-8-4-3-5-9-14/h3-10H,11H2,1-2H3,(H,20,21,24). The van der Waals surface area contributed by atoms with E-state index in [0.717, 1.165) is 11.3 Å². The fraction of sp³-hybridized carbons (Fsp3) is 0.167. The van der Waals surface area contributed by atoms with Crippen molar-refractivity contribution in [2.45, 2.75) is 20.4 Å². The van der Waals surface area contributed by atoms with Gasteiger partial charge in [0.15, 0.2) is 0 Å². The number of halogens is 1. The first kappa shape index (κ1) is 16.2. The van der Waals surface area contributed by atoms with Crippen LogP contribution >= 0.6 is 11.6 Å². The summed E-state index contributed by atoms with van der Waals surface area (Å²) in [6.45, 7) is 4.15. The van der Waals surface area contributed by atoms with Crippen LogP contribution in [-0.4, -0.2) is 20.7 Å². The maximum absolute atomic E-state index is 12.5. The van der Waals surface area contributed by atoms with Crippen molar-refractivity contribution in [3.8, 4) is 0 Å². The number of nitrogens with zero attached hydrogens (tertiary/aromatic N) is 3. The third-order valence-electron chi connectivity index (χ3n) is 3.60. The second-order valence-electron chi connectivity index (χ2n) is 5.51. The highest BCUT2D eigenvalue weighted by molar-refractivity contribution is 6.33. The molecule has 0 aliphatic rings. The average Bonchev–Trinajstić information content (AvgIpc) is 2.82. The van der Waals surface area contributed by atoms with Gasteiger partial charge in [-0.15, -0.1) is 0 Å². The number of anilines is 1. The van der Waals surface area contributed by atoms with Crippen LogP contribution in [0, 0.1) is 13.8 Å². The molecule has 0 unspecified atom stereocenters. The second kappa shape index (κ2) is 6.84. The normalized spacial score (nSPS) is 10.6. The number of aromatic nitrogens is 3. The Kier molecular flexibility index (Phi) is 4.62. The zero-order valence-electron chi connectivity index (χ0n) is 13.5. The highest BCUT2D eigenvalue weighted by Crippen LogP contribution is 2.22. The average molecular weight is 341 g/mol. The first-order chi connectivity index (χ1) is 11.5. The summed E-state index contributed by atoms with van der Waals surface area (Å²) >= 11 is 6.39. The Balaban J connectivity index is 1.84. The van der Waals surface area contributed by atoms with Gasteiger partial charge in [0.05, 0.1) is 17.8 Å². The van der Waals surface area contributed by atoms with Gasteiger partial charge in [0.1, 0.15) is 11.0 Å². The highest BCUT2D eigenvalue weighted by atomic mass is 35.5. The third kappa shape index (κ3) is 3.46. The van der Waals surface area contributed by atoms with Crippen LogP contribution in [0.25, 0.3) is 0 Å². The number of hydrogen-bond acceptors (Lipinski definition) is 3. The van der Waals surface area contributed by atoms with Crippen molar-refractivity contribution in [2.75, 3.05) is 5.32 Å². The molecule has 1 aromatic carbocycles. The first-order valence-electron chi connectivity index (χ1n) is 7.56. The number of carbonyl (C=O) groups is 1. The molecule has 2 heterocycles. The quantitative estimate of drug-likeness (QED) is 0.784. The lowest BCUT2D eigenvalue weighted by atomic mass is 10.2. The number of aryl methyl sites for hydroxylation is 2. The van der Waals surface area contributed by atoms with Crippen LogP contribution in [0.4, 0.5) is 5.82 Å². The van der Waals surface area contributed by atoms with E-state index in [-0.39, 0.29) is 5.91 Å². The van der Waals surface area contributed by atoms with Crippen molar-refractivity contribution in [1.82, 2.24) is 14.8 Å². The molecular weight excluding hydrogens is 324 g/mol. The van der Waals surface area contributed by atoms with E-state index in [2.05, 4.69) is 15.4 Å². The van der Waals surface area contributed by atoms with E-state index in [1.54, 1.807) is 17.7 Å². The van der Waals surface area contributed by atoms with Gasteiger partial charge >= 0.3 is 0 Å². The Morgan fingerprint density at radius 3 is 2.58 bits per heavy atom.